The number of imide groups is 1. The summed E-state index contributed by atoms with van der Waals surface area (Å²) in [6.45, 7) is 1.39. The molecule has 0 aliphatic carbocycles. The number of nitrogens with one attached hydrogen (secondary N) is 1. The molecule has 0 bridgehead atoms. The molecule has 0 spiro atoms. The second-order valence-electron chi connectivity index (χ2n) is 5.43. The number of benzene rings is 1. The zero-order chi connectivity index (χ0) is 20.0. The normalized spacial score (nSPS) is 14.5. The molecule has 0 fully saturated rings. The second kappa shape index (κ2) is 7.73. The lowest BCUT2D eigenvalue weighted by Gasteiger charge is -2.21. The fourth-order valence-corrected chi connectivity index (χ4v) is 4.43. The summed E-state index contributed by atoms with van der Waals surface area (Å²) in [5.41, 5.74) is 0.229. The third-order valence-electron chi connectivity index (χ3n) is 3.82. The highest BCUT2D eigenvalue weighted by molar-refractivity contribution is 7.14. The first-order chi connectivity index (χ1) is 12.7. The third-order valence-corrected chi connectivity index (χ3v) is 6.70. The van der Waals surface area contributed by atoms with E-state index in [9.17, 15) is 14.4 Å². The molecule has 1 aromatic heterocycles. The number of carbonyl (C=O) groups is 3. The number of nitrogens with zero attached hydrogens (tertiary/aromatic N) is 2. The second-order valence-corrected chi connectivity index (χ2v) is 8.07. The molecule has 2 heterocycles. The van der Waals surface area contributed by atoms with Crippen LogP contribution in [0.25, 0.3) is 0 Å². The minimum absolute atomic E-state index is 0.140. The molecule has 27 heavy (non-hydrogen) atoms. The monoisotopic (exact) mass is 485 g/mol. The Morgan fingerprint density at radius 2 is 1.63 bits per heavy atom. The molecule has 12 heteroatoms. The van der Waals surface area contributed by atoms with Gasteiger partial charge in [-0.05, 0) is 6.92 Å². The standard InChI is InChI=1S/C15H8Cl5N3O3S/c1-4(12(24)22-15-21-5(2-16)3-27-15)23-13(25)6-7(14(23)26)9(18)11(20)10(19)8(6)17/h3-4H,2H2,1H3,(H,21,22,24). The van der Waals surface area contributed by atoms with E-state index >= 15 is 0 Å². The van der Waals surface area contributed by atoms with Crippen LogP contribution in [0.2, 0.25) is 20.1 Å². The molecule has 0 radical (unpaired) electrons. The molecule has 1 unspecified atom stereocenters. The predicted molar refractivity (Wildman–Crippen MR) is 107 cm³/mol. The van der Waals surface area contributed by atoms with E-state index in [2.05, 4.69) is 10.3 Å². The molecule has 1 aliphatic rings. The van der Waals surface area contributed by atoms with Crippen LogP contribution in [0.4, 0.5) is 5.13 Å². The average molecular weight is 488 g/mol. The van der Waals surface area contributed by atoms with Crippen molar-refractivity contribution in [1.29, 1.82) is 0 Å². The number of anilines is 1. The van der Waals surface area contributed by atoms with E-state index < -0.39 is 23.8 Å². The fourth-order valence-electron chi connectivity index (χ4n) is 2.47. The molecule has 0 saturated heterocycles. The predicted octanol–water partition coefficient (Wildman–Crippen LogP) is 5.12. The molecule has 3 rings (SSSR count). The van der Waals surface area contributed by atoms with Gasteiger partial charge < -0.3 is 5.32 Å². The number of rotatable bonds is 4. The Bertz CT molecular complexity index is 947. The van der Waals surface area contributed by atoms with E-state index in [0.29, 0.717) is 10.8 Å². The first-order valence-electron chi connectivity index (χ1n) is 7.24. The zero-order valence-corrected chi connectivity index (χ0v) is 17.9. The number of aromatic nitrogens is 1. The van der Waals surface area contributed by atoms with Gasteiger partial charge in [0.25, 0.3) is 11.8 Å². The van der Waals surface area contributed by atoms with Gasteiger partial charge in [-0.3, -0.25) is 19.3 Å². The van der Waals surface area contributed by atoms with Crippen LogP contribution in [0.1, 0.15) is 33.3 Å². The molecular weight excluding hydrogens is 480 g/mol. The van der Waals surface area contributed by atoms with Crippen molar-refractivity contribution < 1.29 is 14.4 Å². The fraction of sp³-hybridized carbons (Fsp3) is 0.200. The van der Waals surface area contributed by atoms with Crippen molar-refractivity contribution in [2.45, 2.75) is 18.8 Å². The van der Waals surface area contributed by atoms with Gasteiger partial charge in [-0.2, -0.15) is 0 Å². The van der Waals surface area contributed by atoms with Crippen molar-refractivity contribution in [1.82, 2.24) is 9.88 Å². The Labute approximate surface area is 182 Å². The summed E-state index contributed by atoms with van der Waals surface area (Å²) in [5, 5.41) is 3.84. The summed E-state index contributed by atoms with van der Waals surface area (Å²) >= 11 is 30.9. The number of alkyl halides is 1. The van der Waals surface area contributed by atoms with Crippen LogP contribution in [-0.4, -0.2) is 33.6 Å². The molecule has 1 atom stereocenters. The highest BCUT2D eigenvalue weighted by atomic mass is 35.5. The maximum atomic E-state index is 12.7. The van der Waals surface area contributed by atoms with Gasteiger partial charge in [-0.1, -0.05) is 46.4 Å². The minimum atomic E-state index is -1.16. The number of carbonyl (C=O) groups excluding carboxylic acids is 3. The van der Waals surface area contributed by atoms with E-state index in [4.69, 9.17) is 58.0 Å². The number of hydrogen-bond acceptors (Lipinski definition) is 5. The van der Waals surface area contributed by atoms with Gasteiger partial charge in [0.1, 0.15) is 6.04 Å². The highest BCUT2D eigenvalue weighted by Gasteiger charge is 2.45. The van der Waals surface area contributed by atoms with Gasteiger partial charge in [0, 0.05) is 5.38 Å². The maximum Gasteiger partial charge on any atom is 0.263 e. The molecule has 142 valence electrons. The number of thiazole rings is 1. The Kier molecular flexibility index (Phi) is 5.91. The van der Waals surface area contributed by atoms with Crippen LogP contribution in [0, 0.1) is 0 Å². The molecule has 0 saturated carbocycles. The van der Waals surface area contributed by atoms with Crippen molar-refractivity contribution in [2.75, 3.05) is 5.32 Å². The SMILES string of the molecule is CC(C(=O)Nc1nc(CCl)cs1)N1C(=O)c2c(Cl)c(Cl)c(Cl)c(Cl)c2C1=O. The van der Waals surface area contributed by atoms with Crippen molar-refractivity contribution >= 4 is 92.2 Å². The van der Waals surface area contributed by atoms with E-state index in [1.807, 2.05) is 0 Å². The first-order valence-corrected chi connectivity index (χ1v) is 10.2. The van der Waals surface area contributed by atoms with Crippen molar-refractivity contribution in [3.8, 4) is 0 Å². The summed E-state index contributed by atoms with van der Waals surface area (Å²) in [6.07, 6.45) is 0. The van der Waals surface area contributed by atoms with Gasteiger partial charge in [0.15, 0.2) is 5.13 Å². The lowest BCUT2D eigenvalue weighted by atomic mass is 10.1. The van der Waals surface area contributed by atoms with Crippen LogP contribution < -0.4 is 5.32 Å². The third kappa shape index (κ3) is 3.41. The number of amides is 3. The lowest BCUT2D eigenvalue weighted by molar-refractivity contribution is -0.119. The van der Waals surface area contributed by atoms with Crippen molar-refractivity contribution in [3.63, 3.8) is 0 Å². The van der Waals surface area contributed by atoms with E-state index in [1.54, 1.807) is 5.38 Å². The highest BCUT2D eigenvalue weighted by Crippen LogP contribution is 2.45. The Hall–Kier alpha value is -1.09. The molecule has 1 aromatic carbocycles. The van der Waals surface area contributed by atoms with Gasteiger partial charge >= 0.3 is 0 Å². The van der Waals surface area contributed by atoms with Crippen LogP contribution in [0.5, 0.6) is 0 Å². The molecule has 3 amide bonds. The first kappa shape index (κ1) is 20.6. The lowest BCUT2D eigenvalue weighted by Crippen LogP contribution is -2.45. The van der Waals surface area contributed by atoms with Crippen molar-refractivity contribution in [2.24, 2.45) is 0 Å². The Morgan fingerprint density at radius 1 is 1.11 bits per heavy atom. The van der Waals surface area contributed by atoms with Gasteiger partial charge in [-0.25, -0.2) is 4.98 Å². The molecule has 6 nitrogen and oxygen atoms in total. The maximum absolute atomic E-state index is 12.7. The van der Waals surface area contributed by atoms with Crippen LogP contribution in [-0.2, 0) is 10.7 Å². The Morgan fingerprint density at radius 3 is 2.07 bits per heavy atom. The largest absolute Gasteiger partial charge is 0.300 e. The van der Waals surface area contributed by atoms with Crippen LogP contribution >= 0.6 is 69.3 Å². The van der Waals surface area contributed by atoms with E-state index in [0.717, 1.165) is 4.90 Å². The summed E-state index contributed by atoms with van der Waals surface area (Å²) in [6, 6.07) is -1.16. The molecule has 2 aromatic rings. The molecular formula is C15H8Cl5N3O3S. The Balaban J connectivity index is 1.92. The topological polar surface area (TPSA) is 79.4 Å². The number of halogens is 5. The van der Waals surface area contributed by atoms with E-state index in [1.165, 1.54) is 18.3 Å². The summed E-state index contributed by atoms with van der Waals surface area (Å²) in [5.74, 6) is -2.00. The zero-order valence-electron chi connectivity index (χ0n) is 13.3. The summed E-state index contributed by atoms with van der Waals surface area (Å²) in [7, 11) is 0. The van der Waals surface area contributed by atoms with E-state index in [-0.39, 0.29) is 37.1 Å². The summed E-state index contributed by atoms with van der Waals surface area (Å²) in [4.78, 5) is 42.8. The molecule has 1 N–H and O–H groups in total. The van der Waals surface area contributed by atoms with Gasteiger partial charge in [-0.15, -0.1) is 22.9 Å². The van der Waals surface area contributed by atoms with Crippen LogP contribution in [0.3, 0.4) is 0 Å². The smallest absolute Gasteiger partial charge is 0.263 e. The minimum Gasteiger partial charge on any atom is -0.300 e. The average Bonchev–Trinajstić information content (AvgIpc) is 3.19. The summed E-state index contributed by atoms with van der Waals surface area (Å²) < 4.78 is 0. The van der Waals surface area contributed by atoms with Gasteiger partial charge in [0.05, 0.1) is 42.8 Å². The quantitative estimate of drug-likeness (QED) is 0.281. The number of hydrogen-bond donors (Lipinski definition) is 1. The number of fused-ring (bicyclic) bond motifs is 1. The molecule has 1 aliphatic heterocycles. The van der Waals surface area contributed by atoms with Crippen LogP contribution in [0.15, 0.2) is 5.38 Å². The van der Waals surface area contributed by atoms with Gasteiger partial charge in [0.2, 0.25) is 5.91 Å². The van der Waals surface area contributed by atoms with Crippen molar-refractivity contribution in [3.05, 3.63) is 42.3 Å².